The van der Waals surface area contributed by atoms with E-state index in [0.717, 1.165) is 30.0 Å². The maximum absolute atomic E-state index is 12.4. The van der Waals surface area contributed by atoms with E-state index < -0.39 is 0 Å². The molecule has 0 spiro atoms. The fourth-order valence-electron chi connectivity index (χ4n) is 3.07. The maximum Gasteiger partial charge on any atom is 0.223 e. The highest BCUT2D eigenvalue weighted by atomic mass is 16.5. The van der Waals surface area contributed by atoms with Gasteiger partial charge in [0, 0.05) is 25.1 Å². The minimum atomic E-state index is 0.199. The number of hydrogen-bond donors (Lipinski definition) is 1. The summed E-state index contributed by atoms with van der Waals surface area (Å²) < 4.78 is 10.5. The topological polar surface area (TPSA) is 64.8 Å². The van der Waals surface area contributed by atoms with Gasteiger partial charge in [-0.3, -0.25) is 4.79 Å². The normalized spacial score (nSPS) is 21.0. The number of rotatable bonds is 6. The Morgan fingerprint density at radius 2 is 1.91 bits per heavy atom. The van der Waals surface area contributed by atoms with Crippen LogP contribution in [0.25, 0.3) is 0 Å². The van der Waals surface area contributed by atoms with E-state index >= 15 is 0 Å². The molecule has 1 fully saturated rings. The predicted octanol–water partition coefficient (Wildman–Crippen LogP) is 1.83. The molecule has 5 heteroatoms. The van der Waals surface area contributed by atoms with E-state index in [2.05, 4.69) is 6.92 Å². The molecule has 1 aromatic carbocycles. The van der Waals surface area contributed by atoms with Crippen LogP contribution in [-0.2, 0) is 11.2 Å². The maximum atomic E-state index is 12.4. The molecule has 1 aliphatic rings. The number of hydrogen-bond acceptors (Lipinski definition) is 4. The Bertz CT molecular complexity index is 496. The van der Waals surface area contributed by atoms with E-state index in [0.29, 0.717) is 31.3 Å². The Hall–Kier alpha value is -1.75. The highest BCUT2D eigenvalue weighted by molar-refractivity contribution is 5.77. The van der Waals surface area contributed by atoms with Gasteiger partial charge in [0.2, 0.25) is 5.91 Å². The molecule has 1 saturated heterocycles. The molecule has 0 saturated carbocycles. The van der Waals surface area contributed by atoms with E-state index in [1.165, 1.54) is 0 Å². The average molecular weight is 306 g/mol. The third kappa shape index (κ3) is 3.91. The van der Waals surface area contributed by atoms with E-state index in [1.807, 2.05) is 23.1 Å². The number of carbonyl (C=O) groups excluding carboxylic acids is 1. The highest BCUT2D eigenvalue weighted by Gasteiger charge is 2.31. The van der Waals surface area contributed by atoms with Gasteiger partial charge in [0.05, 0.1) is 14.2 Å². The lowest BCUT2D eigenvalue weighted by Crippen LogP contribution is -2.34. The minimum Gasteiger partial charge on any atom is -0.497 e. The van der Waals surface area contributed by atoms with Crippen LogP contribution < -0.4 is 15.2 Å². The molecule has 0 aromatic heterocycles. The lowest BCUT2D eigenvalue weighted by atomic mass is 10.1. The second-order valence-electron chi connectivity index (χ2n) is 5.95. The Labute approximate surface area is 132 Å². The number of likely N-dealkylation sites (tertiary alicyclic amines) is 1. The zero-order chi connectivity index (χ0) is 16.1. The molecule has 0 radical (unpaired) electrons. The van der Waals surface area contributed by atoms with Gasteiger partial charge in [0.15, 0.2) is 0 Å². The van der Waals surface area contributed by atoms with Crippen molar-refractivity contribution in [1.29, 1.82) is 0 Å². The summed E-state index contributed by atoms with van der Waals surface area (Å²) in [5, 5.41) is 0. The van der Waals surface area contributed by atoms with Gasteiger partial charge in [0.25, 0.3) is 0 Å². The van der Waals surface area contributed by atoms with Crippen LogP contribution in [0.4, 0.5) is 0 Å². The number of ether oxygens (including phenoxy) is 2. The second-order valence-corrected chi connectivity index (χ2v) is 5.95. The summed E-state index contributed by atoms with van der Waals surface area (Å²) in [6.45, 7) is 3.54. The third-order valence-electron chi connectivity index (χ3n) is 4.35. The number of benzene rings is 1. The average Bonchev–Trinajstić information content (AvgIpc) is 2.93. The van der Waals surface area contributed by atoms with Crippen molar-refractivity contribution in [3.63, 3.8) is 0 Å². The summed E-state index contributed by atoms with van der Waals surface area (Å²) in [4.78, 5) is 14.4. The van der Waals surface area contributed by atoms with Gasteiger partial charge in [-0.05, 0) is 49.9 Å². The Kier molecular flexibility index (Phi) is 5.66. The molecule has 22 heavy (non-hydrogen) atoms. The van der Waals surface area contributed by atoms with Crippen molar-refractivity contribution in [3.8, 4) is 11.5 Å². The van der Waals surface area contributed by atoms with Crippen molar-refractivity contribution in [1.82, 2.24) is 4.90 Å². The van der Waals surface area contributed by atoms with Crippen LogP contribution in [0.1, 0.15) is 25.3 Å². The fraction of sp³-hybridized carbons (Fsp3) is 0.588. The summed E-state index contributed by atoms with van der Waals surface area (Å²) in [6, 6.07) is 6.03. The molecule has 2 rings (SSSR count). The molecule has 2 unspecified atom stereocenters. The molecule has 0 aliphatic carbocycles. The summed E-state index contributed by atoms with van der Waals surface area (Å²) in [5.41, 5.74) is 6.77. The van der Waals surface area contributed by atoms with Gasteiger partial charge in [0.1, 0.15) is 11.5 Å². The number of aryl methyl sites for hydroxylation is 1. The Morgan fingerprint density at radius 1 is 1.27 bits per heavy atom. The van der Waals surface area contributed by atoms with Gasteiger partial charge in [-0.15, -0.1) is 0 Å². The molecule has 122 valence electrons. The molecule has 1 aromatic rings. The zero-order valence-corrected chi connectivity index (χ0v) is 13.7. The highest BCUT2D eigenvalue weighted by Crippen LogP contribution is 2.25. The van der Waals surface area contributed by atoms with Gasteiger partial charge < -0.3 is 20.1 Å². The van der Waals surface area contributed by atoms with Crippen molar-refractivity contribution in [2.45, 2.75) is 32.2 Å². The second kappa shape index (κ2) is 7.49. The number of nitrogens with zero attached hydrogens (tertiary/aromatic N) is 1. The van der Waals surface area contributed by atoms with Crippen molar-refractivity contribution >= 4 is 5.91 Å². The molecular weight excluding hydrogens is 280 g/mol. The molecule has 2 atom stereocenters. The summed E-state index contributed by atoms with van der Waals surface area (Å²) in [6.07, 6.45) is 2.19. The standard InChI is InChI=1S/C17H26N2O3/c1-12-6-14(10-18)11-19(12)17(20)5-4-13-7-15(21-2)9-16(8-13)22-3/h7-9,12,14H,4-6,10-11,18H2,1-3H3. The Balaban J connectivity index is 1.96. The monoisotopic (exact) mass is 306 g/mol. The largest absolute Gasteiger partial charge is 0.497 e. The quantitative estimate of drug-likeness (QED) is 0.871. The van der Waals surface area contributed by atoms with Gasteiger partial charge >= 0.3 is 0 Å². The van der Waals surface area contributed by atoms with Crippen molar-refractivity contribution in [3.05, 3.63) is 23.8 Å². The molecular formula is C17H26N2O3. The molecule has 1 heterocycles. The first kappa shape index (κ1) is 16.6. The van der Waals surface area contributed by atoms with E-state index in [1.54, 1.807) is 14.2 Å². The number of nitrogens with two attached hydrogens (primary N) is 1. The van der Waals surface area contributed by atoms with E-state index in [9.17, 15) is 4.79 Å². The van der Waals surface area contributed by atoms with E-state index in [-0.39, 0.29) is 5.91 Å². The van der Waals surface area contributed by atoms with E-state index in [4.69, 9.17) is 15.2 Å². The van der Waals surface area contributed by atoms with Crippen LogP contribution in [0.3, 0.4) is 0 Å². The van der Waals surface area contributed by atoms with Crippen molar-refractivity contribution < 1.29 is 14.3 Å². The number of methoxy groups -OCH3 is 2. The molecule has 5 nitrogen and oxygen atoms in total. The summed E-state index contributed by atoms with van der Waals surface area (Å²) >= 11 is 0. The summed E-state index contributed by atoms with van der Waals surface area (Å²) in [5.74, 6) is 2.14. The van der Waals surface area contributed by atoms with Crippen LogP contribution in [0.15, 0.2) is 18.2 Å². The van der Waals surface area contributed by atoms with Crippen molar-refractivity contribution in [2.24, 2.45) is 11.7 Å². The van der Waals surface area contributed by atoms with Gasteiger partial charge in [-0.2, -0.15) is 0 Å². The first-order valence-corrected chi connectivity index (χ1v) is 7.78. The van der Waals surface area contributed by atoms with Crippen LogP contribution in [0.5, 0.6) is 11.5 Å². The lowest BCUT2D eigenvalue weighted by molar-refractivity contribution is -0.131. The third-order valence-corrected chi connectivity index (χ3v) is 4.35. The van der Waals surface area contributed by atoms with Crippen molar-refractivity contribution in [2.75, 3.05) is 27.3 Å². The molecule has 2 N–H and O–H groups in total. The SMILES string of the molecule is COc1cc(CCC(=O)N2CC(CN)CC2C)cc(OC)c1. The predicted molar refractivity (Wildman–Crippen MR) is 86.2 cm³/mol. The zero-order valence-electron chi connectivity index (χ0n) is 13.7. The van der Waals surface area contributed by atoms with Crippen LogP contribution in [-0.4, -0.2) is 44.2 Å². The number of carbonyl (C=O) groups is 1. The van der Waals surface area contributed by atoms with Gasteiger partial charge in [-0.25, -0.2) is 0 Å². The molecule has 1 amide bonds. The van der Waals surface area contributed by atoms with Crippen LogP contribution >= 0.6 is 0 Å². The first-order chi connectivity index (χ1) is 10.6. The smallest absolute Gasteiger partial charge is 0.223 e. The molecule has 0 bridgehead atoms. The van der Waals surface area contributed by atoms with Gasteiger partial charge in [-0.1, -0.05) is 0 Å². The fourth-order valence-corrected chi connectivity index (χ4v) is 3.07. The lowest BCUT2D eigenvalue weighted by Gasteiger charge is -2.21. The first-order valence-electron chi connectivity index (χ1n) is 7.78. The minimum absolute atomic E-state index is 0.199. The van der Waals surface area contributed by atoms with Crippen LogP contribution in [0, 0.1) is 5.92 Å². The molecule has 1 aliphatic heterocycles. The van der Waals surface area contributed by atoms with Crippen LogP contribution in [0.2, 0.25) is 0 Å². The summed E-state index contributed by atoms with van der Waals surface area (Å²) in [7, 11) is 3.26. The Morgan fingerprint density at radius 3 is 2.41 bits per heavy atom. The number of amides is 1.